The molecule has 0 radical (unpaired) electrons. The lowest BCUT2D eigenvalue weighted by atomic mass is 10.0. The molecular formula is C27H31N3O2. The number of hydrogen-bond acceptors (Lipinski definition) is 4. The van der Waals surface area contributed by atoms with Crippen LogP contribution in [0, 0.1) is 0 Å². The summed E-state index contributed by atoms with van der Waals surface area (Å²) in [4.78, 5) is 33.5. The van der Waals surface area contributed by atoms with Crippen molar-refractivity contribution in [3.63, 3.8) is 0 Å². The second-order valence-corrected chi connectivity index (χ2v) is 9.11. The Hall–Kier alpha value is -2.92. The van der Waals surface area contributed by atoms with Crippen molar-refractivity contribution in [2.24, 2.45) is 0 Å². The van der Waals surface area contributed by atoms with Gasteiger partial charge in [-0.3, -0.25) is 19.4 Å². The molecule has 2 aromatic carbocycles. The Balaban J connectivity index is 1.35. The predicted molar refractivity (Wildman–Crippen MR) is 125 cm³/mol. The molecule has 5 heteroatoms. The Kier molecular flexibility index (Phi) is 6.08. The molecule has 0 spiro atoms. The van der Waals surface area contributed by atoms with Crippen molar-refractivity contribution in [3.8, 4) is 0 Å². The van der Waals surface area contributed by atoms with Crippen LogP contribution in [0.1, 0.15) is 43.2 Å². The number of imide groups is 1. The maximum absolute atomic E-state index is 13.7. The summed E-state index contributed by atoms with van der Waals surface area (Å²) < 4.78 is 0. The summed E-state index contributed by atoms with van der Waals surface area (Å²) in [6.45, 7) is 4.43. The maximum Gasteiger partial charge on any atom is 0.278 e. The lowest BCUT2D eigenvalue weighted by molar-refractivity contribution is -0.141. The molecule has 0 aromatic heterocycles. The number of rotatable bonds is 5. The topological polar surface area (TPSA) is 43.9 Å². The van der Waals surface area contributed by atoms with Crippen LogP contribution in [0.25, 0.3) is 5.57 Å². The number of carbonyl (C=O) groups excluding carboxylic acids is 2. The highest BCUT2D eigenvalue weighted by Crippen LogP contribution is 2.36. The summed E-state index contributed by atoms with van der Waals surface area (Å²) in [5.74, 6) is -0.194. The average molecular weight is 430 g/mol. The molecule has 0 aliphatic carbocycles. The molecule has 0 unspecified atom stereocenters. The first-order valence-electron chi connectivity index (χ1n) is 11.9. The van der Waals surface area contributed by atoms with Crippen molar-refractivity contribution in [3.05, 3.63) is 77.5 Å². The summed E-state index contributed by atoms with van der Waals surface area (Å²) in [6, 6.07) is 20.2. The van der Waals surface area contributed by atoms with Gasteiger partial charge in [-0.15, -0.1) is 0 Å². The van der Waals surface area contributed by atoms with Gasteiger partial charge in [0.15, 0.2) is 0 Å². The van der Waals surface area contributed by atoms with Gasteiger partial charge >= 0.3 is 0 Å². The van der Waals surface area contributed by atoms with Crippen LogP contribution in [0.3, 0.4) is 0 Å². The van der Waals surface area contributed by atoms with E-state index >= 15 is 0 Å². The van der Waals surface area contributed by atoms with Crippen LogP contribution in [-0.4, -0.2) is 58.7 Å². The van der Waals surface area contributed by atoms with Crippen molar-refractivity contribution in [2.45, 2.75) is 44.7 Å². The number of carbonyl (C=O) groups is 2. The highest BCUT2D eigenvalue weighted by Gasteiger charge is 2.45. The van der Waals surface area contributed by atoms with Crippen molar-refractivity contribution < 1.29 is 9.59 Å². The second-order valence-electron chi connectivity index (χ2n) is 9.11. The van der Waals surface area contributed by atoms with E-state index in [9.17, 15) is 9.59 Å². The van der Waals surface area contributed by atoms with Gasteiger partial charge in [-0.1, -0.05) is 60.7 Å². The fraction of sp³-hybridized carbons (Fsp3) is 0.407. The SMILES string of the molecule is O=C1C(c2ccccc2)=C(N2CCCCC2)C(=O)N1C1CCN(Cc2ccccc2)CC1. The van der Waals surface area contributed by atoms with Gasteiger partial charge in [-0.2, -0.15) is 0 Å². The molecule has 5 nitrogen and oxygen atoms in total. The molecule has 0 bridgehead atoms. The molecular weight excluding hydrogens is 398 g/mol. The molecule has 0 N–H and O–H groups in total. The predicted octanol–water partition coefficient (Wildman–Crippen LogP) is 3.92. The largest absolute Gasteiger partial charge is 0.366 e. The lowest BCUT2D eigenvalue weighted by Crippen LogP contribution is -2.48. The van der Waals surface area contributed by atoms with Gasteiger partial charge in [0.2, 0.25) is 0 Å². The first-order chi connectivity index (χ1) is 15.7. The maximum atomic E-state index is 13.7. The zero-order valence-electron chi connectivity index (χ0n) is 18.6. The van der Waals surface area contributed by atoms with Gasteiger partial charge in [0.05, 0.1) is 5.57 Å². The third kappa shape index (κ3) is 4.09. The highest BCUT2D eigenvalue weighted by molar-refractivity contribution is 6.35. The normalized spacial score (nSPS) is 21.0. The zero-order valence-corrected chi connectivity index (χ0v) is 18.6. The van der Waals surface area contributed by atoms with Crippen LogP contribution in [-0.2, 0) is 16.1 Å². The molecule has 3 heterocycles. The van der Waals surface area contributed by atoms with Crippen molar-refractivity contribution in [1.29, 1.82) is 0 Å². The average Bonchev–Trinajstić information content (AvgIpc) is 3.11. The fourth-order valence-electron chi connectivity index (χ4n) is 5.32. The third-order valence-corrected chi connectivity index (χ3v) is 7.00. The molecule has 5 rings (SSSR count). The summed E-state index contributed by atoms with van der Waals surface area (Å²) in [7, 11) is 0. The molecule has 2 aromatic rings. The van der Waals surface area contributed by atoms with Crippen molar-refractivity contribution in [1.82, 2.24) is 14.7 Å². The Labute approximate surface area is 190 Å². The molecule has 166 valence electrons. The minimum atomic E-state index is -0.108. The third-order valence-electron chi connectivity index (χ3n) is 7.00. The van der Waals surface area contributed by atoms with Gasteiger partial charge in [-0.25, -0.2) is 0 Å². The van der Waals surface area contributed by atoms with E-state index in [1.807, 2.05) is 36.4 Å². The van der Waals surface area contributed by atoms with Gasteiger partial charge < -0.3 is 4.90 Å². The zero-order chi connectivity index (χ0) is 21.9. The number of piperidine rings is 2. The van der Waals surface area contributed by atoms with Crippen molar-refractivity contribution in [2.75, 3.05) is 26.2 Å². The highest BCUT2D eigenvalue weighted by atomic mass is 16.2. The number of benzene rings is 2. The van der Waals surface area contributed by atoms with Crippen LogP contribution in [0.15, 0.2) is 66.4 Å². The molecule has 0 saturated carbocycles. The van der Waals surface area contributed by atoms with Gasteiger partial charge in [0.25, 0.3) is 11.8 Å². The number of hydrogen-bond donors (Lipinski definition) is 0. The molecule has 3 aliphatic heterocycles. The summed E-state index contributed by atoms with van der Waals surface area (Å²) in [5.41, 5.74) is 3.40. The van der Waals surface area contributed by atoms with E-state index in [2.05, 4.69) is 34.1 Å². The first-order valence-corrected chi connectivity index (χ1v) is 11.9. The standard InChI is InChI=1S/C27H31N3O2/c31-26-24(22-12-6-2-7-13-22)25(29-16-8-3-9-17-29)27(32)30(26)23-14-18-28(19-15-23)20-21-10-4-1-5-11-21/h1-2,4-7,10-13,23H,3,8-9,14-20H2. The van der Waals surface area contributed by atoms with Crippen molar-refractivity contribution >= 4 is 17.4 Å². The Morgan fingerprint density at radius 2 is 1.34 bits per heavy atom. The molecule has 2 saturated heterocycles. The molecule has 3 aliphatic rings. The minimum Gasteiger partial charge on any atom is -0.366 e. The fourth-order valence-corrected chi connectivity index (χ4v) is 5.32. The first kappa shape index (κ1) is 21.0. The van der Waals surface area contributed by atoms with E-state index in [-0.39, 0.29) is 17.9 Å². The van der Waals surface area contributed by atoms with Gasteiger partial charge in [-0.05, 0) is 43.2 Å². The summed E-state index contributed by atoms with van der Waals surface area (Å²) >= 11 is 0. The van der Waals surface area contributed by atoms with Gasteiger partial charge in [0, 0.05) is 38.8 Å². The number of likely N-dealkylation sites (tertiary alicyclic amines) is 2. The van der Waals surface area contributed by atoms with Crippen LogP contribution >= 0.6 is 0 Å². The quantitative estimate of drug-likeness (QED) is 0.676. The smallest absolute Gasteiger partial charge is 0.278 e. The van der Waals surface area contributed by atoms with E-state index < -0.39 is 0 Å². The van der Waals surface area contributed by atoms with Crippen LogP contribution < -0.4 is 0 Å². The summed E-state index contributed by atoms with van der Waals surface area (Å²) in [5, 5.41) is 0. The Morgan fingerprint density at radius 3 is 2.00 bits per heavy atom. The Bertz CT molecular complexity index is 988. The van der Waals surface area contributed by atoms with Crippen LogP contribution in [0.4, 0.5) is 0 Å². The number of nitrogens with zero attached hydrogens (tertiary/aromatic N) is 3. The van der Waals surface area contributed by atoms with E-state index in [1.165, 1.54) is 12.0 Å². The molecule has 0 atom stereocenters. The monoisotopic (exact) mass is 429 g/mol. The number of amides is 2. The van der Waals surface area contributed by atoms with E-state index in [4.69, 9.17) is 0 Å². The van der Waals surface area contributed by atoms with E-state index in [1.54, 1.807) is 4.90 Å². The Morgan fingerprint density at radius 1 is 0.719 bits per heavy atom. The van der Waals surface area contributed by atoms with Gasteiger partial charge in [0.1, 0.15) is 5.70 Å². The minimum absolute atomic E-state index is 0.0250. The summed E-state index contributed by atoms with van der Waals surface area (Å²) in [6.07, 6.45) is 5.01. The van der Waals surface area contributed by atoms with E-state index in [0.717, 1.165) is 64.0 Å². The lowest BCUT2D eigenvalue weighted by Gasteiger charge is -2.36. The van der Waals surface area contributed by atoms with E-state index in [0.29, 0.717) is 11.3 Å². The van der Waals surface area contributed by atoms with Crippen LogP contribution in [0.2, 0.25) is 0 Å². The molecule has 2 fully saturated rings. The van der Waals surface area contributed by atoms with Crippen LogP contribution in [0.5, 0.6) is 0 Å². The molecule has 32 heavy (non-hydrogen) atoms. The second kappa shape index (κ2) is 9.29. The molecule has 2 amide bonds.